The maximum atomic E-state index is 13.1. The second kappa shape index (κ2) is 3.05. The third-order valence-corrected chi connectivity index (χ3v) is 7.50. The molecule has 1 heterocycles. The van der Waals surface area contributed by atoms with E-state index in [2.05, 4.69) is 9.04 Å². The van der Waals surface area contributed by atoms with Gasteiger partial charge in [-0.25, -0.2) is 0 Å². The summed E-state index contributed by atoms with van der Waals surface area (Å²) in [6.45, 7) is 0. The fraction of sp³-hybridized carbons (Fsp3) is 1.00. The van der Waals surface area contributed by atoms with Crippen LogP contribution in [0.1, 0.15) is 0 Å². The monoisotopic (exact) mass is 263 g/mol. The summed E-state index contributed by atoms with van der Waals surface area (Å²) in [5.41, 5.74) is 0. The van der Waals surface area contributed by atoms with Gasteiger partial charge in [-0.3, -0.25) is 0 Å². The number of hydrogen-bond acceptors (Lipinski definition) is 4. The first-order valence-electron chi connectivity index (χ1n) is 2.73. The van der Waals surface area contributed by atoms with Crippen molar-refractivity contribution < 1.29 is 25.8 Å². The van der Waals surface area contributed by atoms with Crippen molar-refractivity contribution in [2.24, 2.45) is 4.52 Å². The van der Waals surface area contributed by atoms with Gasteiger partial charge in [0.05, 0.1) is 0 Å². The van der Waals surface area contributed by atoms with Gasteiger partial charge in [-0.05, 0) is 0 Å². The van der Waals surface area contributed by atoms with Crippen LogP contribution in [0, 0.1) is 0 Å². The Kier molecular flexibility index (Phi) is 2.75. The van der Waals surface area contributed by atoms with Gasteiger partial charge in [-0.1, -0.05) is 0 Å². The minimum absolute atomic E-state index is 0.465. The third kappa shape index (κ3) is 1.87. The zero-order valence-electron chi connectivity index (χ0n) is 6.09. The zero-order valence-corrected chi connectivity index (χ0v) is 8.88. The van der Waals surface area contributed by atoms with E-state index in [0.717, 1.165) is 0 Å². The van der Waals surface area contributed by atoms with Crippen molar-refractivity contribution >= 4 is 24.5 Å². The molecule has 0 aromatic carbocycles. The number of nitrogens with zero attached hydrogens (tertiary/aromatic N) is 2. The summed E-state index contributed by atoms with van der Waals surface area (Å²) in [6, 6.07) is 0. The van der Waals surface area contributed by atoms with Crippen molar-refractivity contribution in [3.8, 4) is 0 Å². The van der Waals surface area contributed by atoms with Gasteiger partial charge in [0.1, 0.15) is 0 Å². The van der Waals surface area contributed by atoms with Crippen molar-refractivity contribution in [2.75, 3.05) is 7.11 Å². The van der Waals surface area contributed by atoms with E-state index in [1.807, 2.05) is 0 Å². The molecule has 13 heavy (non-hydrogen) atoms. The van der Waals surface area contributed by atoms with Gasteiger partial charge < -0.3 is 0 Å². The molecule has 0 aromatic rings. The number of halogens is 5. The van der Waals surface area contributed by atoms with Crippen LogP contribution in [0.25, 0.3) is 0 Å². The molecular weight excluding hydrogens is 258 g/mol. The fourth-order valence-electron chi connectivity index (χ4n) is 0.533. The second-order valence-electron chi connectivity index (χ2n) is 2.00. The first-order chi connectivity index (χ1) is 5.71. The summed E-state index contributed by atoms with van der Waals surface area (Å²) in [5.74, 6) is 0. The molecule has 0 amide bonds. The molecule has 4 nitrogen and oxygen atoms in total. The van der Waals surface area contributed by atoms with Crippen LogP contribution >= 0.6 is 24.5 Å². The summed E-state index contributed by atoms with van der Waals surface area (Å²) >= 11 is 0. The predicted octanol–water partition coefficient (Wildman–Crippen LogP) is 3.88. The molecular formula is CH5F5N3OP3. The van der Waals surface area contributed by atoms with Crippen LogP contribution in [-0.2, 0) is 4.52 Å². The third-order valence-electron chi connectivity index (χ3n) is 1.18. The van der Waals surface area contributed by atoms with Gasteiger partial charge >= 0.3 is 71.4 Å². The molecule has 0 spiro atoms. The van der Waals surface area contributed by atoms with Crippen molar-refractivity contribution in [3.05, 3.63) is 0 Å². The topological polar surface area (TPSA) is 36.9 Å². The van der Waals surface area contributed by atoms with Gasteiger partial charge in [0, 0.05) is 0 Å². The molecule has 1 unspecified atom stereocenters. The van der Waals surface area contributed by atoms with E-state index < -0.39 is 29.1 Å². The molecule has 1 rings (SSSR count). The Labute approximate surface area is 72.4 Å². The van der Waals surface area contributed by atoms with Gasteiger partial charge in [0.25, 0.3) is 0 Å². The van der Waals surface area contributed by atoms with E-state index in [-0.39, 0.29) is 0 Å². The van der Waals surface area contributed by atoms with Crippen molar-refractivity contribution in [1.29, 1.82) is 0 Å². The standard InChI is InChI=1S/CH5F5N3OP3/c1-10-13(5,6)8-11-7-12(3,4)9(13)2/h8,11H,1H3. The van der Waals surface area contributed by atoms with Crippen LogP contribution < -0.4 is 4.86 Å². The van der Waals surface area contributed by atoms with E-state index in [1.54, 1.807) is 0 Å². The van der Waals surface area contributed by atoms with Crippen LogP contribution in [0.5, 0.6) is 0 Å². The van der Waals surface area contributed by atoms with E-state index >= 15 is 0 Å². The number of nitrogens with one attached hydrogen (secondary N) is 1. The summed E-state index contributed by atoms with van der Waals surface area (Å²) in [4.78, 5) is 1.26. The van der Waals surface area contributed by atoms with Crippen LogP contribution in [0.3, 0.4) is 0 Å². The maximum absolute atomic E-state index is 13.1. The van der Waals surface area contributed by atoms with Gasteiger partial charge in [-0.15, -0.1) is 0 Å². The molecule has 80 valence electrons. The molecule has 0 aromatic heterocycles. The van der Waals surface area contributed by atoms with Crippen molar-refractivity contribution in [1.82, 2.24) is 9.52 Å². The Hall–Kier alpha value is 0.620. The Balaban J connectivity index is 3.16. The molecule has 0 saturated heterocycles. The van der Waals surface area contributed by atoms with Gasteiger partial charge in [0.15, 0.2) is 0 Å². The molecule has 1 atom stereocenters. The Morgan fingerprint density at radius 3 is 2.46 bits per heavy atom. The molecule has 0 saturated carbocycles. The zero-order chi connectivity index (χ0) is 10.4. The predicted molar refractivity (Wildman–Crippen MR) is 42.1 cm³/mol. The van der Waals surface area contributed by atoms with Crippen molar-refractivity contribution in [2.45, 2.75) is 0 Å². The van der Waals surface area contributed by atoms with Gasteiger partial charge in [0.2, 0.25) is 0 Å². The minimum atomic E-state index is -6.69. The fourth-order valence-corrected chi connectivity index (χ4v) is 5.78. The van der Waals surface area contributed by atoms with Crippen LogP contribution in [0.2, 0.25) is 0 Å². The average Bonchev–Trinajstić information content (AvgIpc) is 2.01. The van der Waals surface area contributed by atoms with E-state index in [9.17, 15) is 21.3 Å². The molecule has 1 aliphatic rings. The molecule has 0 bridgehead atoms. The Morgan fingerprint density at radius 2 is 2.08 bits per heavy atom. The SMILES string of the molecule is COP1(F)(F)NPN=P(F)(F)N1F. The summed E-state index contributed by atoms with van der Waals surface area (Å²) in [7, 11) is -13.2. The van der Waals surface area contributed by atoms with E-state index in [4.69, 9.17) is 0 Å². The quantitative estimate of drug-likeness (QED) is 0.443. The molecule has 1 N–H and O–H groups in total. The number of rotatable bonds is 1. The summed E-state index contributed by atoms with van der Waals surface area (Å²) in [6.07, 6.45) is 0. The second-order valence-corrected chi connectivity index (χ2v) is 7.80. The van der Waals surface area contributed by atoms with Crippen LogP contribution in [0.4, 0.5) is 21.3 Å². The number of hydrogen-bond donors (Lipinski definition) is 1. The van der Waals surface area contributed by atoms with E-state index in [1.165, 1.54) is 4.86 Å². The molecule has 0 fully saturated rings. The van der Waals surface area contributed by atoms with E-state index in [0.29, 0.717) is 7.11 Å². The van der Waals surface area contributed by atoms with Crippen molar-refractivity contribution in [3.63, 3.8) is 0 Å². The summed E-state index contributed by atoms with van der Waals surface area (Å²) in [5, 5.41) is 0. The normalized spacial score (nSPS) is 36.0. The Morgan fingerprint density at radius 1 is 1.54 bits per heavy atom. The van der Waals surface area contributed by atoms with Crippen LogP contribution in [-0.4, -0.2) is 11.8 Å². The molecule has 12 heteroatoms. The first-order valence-corrected chi connectivity index (χ1v) is 7.05. The molecule has 1 aliphatic heterocycles. The first kappa shape index (κ1) is 11.7. The molecule has 0 aliphatic carbocycles. The van der Waals surface area contributed by atoms with Crippen LogP contribution in [0.15, 0.2) is 4.52 Å². The van der Waals surface area contributed by atoms with Gasteiger partial charge in [-0.2, -0.15) is 0 Å². The Bertz CT molecular complexity index is 276. The molecule has 0 radical (unpaired) electrons. The summed E-state index contributed by atoms with van der Waals surface area (Å²) < 4.78 is 67.8. The average molecular weight is 263 g/mol.